The minimum atomic E-state index is -0.172. The van der Waals surface area contributed by atoms with E-state index in [9.17, 15) is 0 Å². The van der Waals surface area contributed by atoms with Crippen molar-refractivity contribution in [2.75, 3.05) is 9.80 Å². The van der Waals surface area contributed by atoms with Crippen molar-refractivity contribution in [3.8, 4) is 0 Å². The minimum absolute atomic E-state index is 0.172. The summed E-state index contributed by atoms with van der Waals surface area (Å²) >= 11 is 0. The van der Waals surface area contributed by atoms with Gasteiger partial charge < -0.3 is 9.80 Å². The molecule has 3 nitrogen and oxygen atoms in total. The molecule has 1 aliphatic heterocycles. The summed E-state index contributed by atoms with van der Waals surface area (Å²) < 4.78 is 0. The Bertz CT molecular complexity index is 2170. The maximum absolute atomic E-state index is 4.86. The number of hydrogen-bond donors (Lipinski definition) is 0. The summed E-state index contributed by atoms with van der Waals surface area (Å²) in [6.07, 6.45) is 6.23. The van der Waals surface area contributed by atoms with Gasteiger partial charge in [-0.25, -0.2) is 0 Å². The minimum Gasteiger partial charge on any atom is -0.309 e. The fraction of sp³-hybridized carbons (Fsp3) is 0.0682. The Labute approximate surface area is 276 Å². The van der Waals surface area contributed by atoms with Crippen LogP contribution in [0.5, 0.6) is 0 Å². The fourth-order valence-electron chi connectivity index (χ4n) is 6.90. The van der Waals surface area contributed by atoms with Crippen molar-refractivity contribution >= 4 is 57.0 Å². The van der Waals surface area contributed by atoms with E-state index in [1.807, 2.05) is 18.3 Å². The molecular formula is C44H35N3. The zero-order valence-corrected chi connectivity index (χ0v) is 26.6. The molecule has 6 aromatic carbocycles. The van der Waals surface area contributed by atoms with Crippen LogP contribution in [0.25, 0.3) is 22.9 Å². The van der Waals surface area contributed by atoms with Crippen LogP contribution in [-0.4, -0.2) is 4.98 Å². The van der Waals surface area contributed by atoms with E-state index in [1.54, 1.807) is 0 Å². The molecule has 0 N–H and O–H groups in total. The van der Waals surface area contributed by atoms with Gasteiger partial charge in [-0.2, -0.15) is 0 Å². The lowest BCUT2D eigenvalue weighted by molar-refractivity contribution is 0.632. The zero-order chi connectivity index (χ0) is 31.8. The van der Waals surface area contributed by atoms with E-state index in [0.717, 1.165) is 28.3 Å². The molecule has 2 heterocycles. The van der Waals surface area contributed by atoms with Gasteiger partial charge in [0.25, 0.3) is 0 Å². The lowest BCUT2D eigenvalue weighted by Crippen LogP contribution is -2.30. The van der Waals surface area contributed by atoms with Gasteiger partial charge in [0.05, 0.1) is 34.6 Å². The van der Waals surface area contributed by atoms with E-state index >= 15 is 0 Å². The van der Waals surface area contributed by atoms with Crippen molar-refractivity contribution in [3.63, 3.8) is 0 Å². The smallest absolute Gasteiger partial charge is 0.0645 e. The molecule has 3 heteroatoms. The standard InChI is InChI=1S/C44H35N3/c1-44(2)39-21-11-12-22-42(39)47(41-23-13-15-33-14-9-10-20-38(33)41)43-29-25-32(30-40(43)44)24-26-34-27-28-37(31-45-34)46(35-16-5-3-6-17-35)36-18-7-4-8-19-36/h3-31H,1-2H3/b26-24+. The molecule has 0 bridgehead atoms. The molecule has 0 radical (unpaired) electrons. The van der Waals surface area contributed by atoms with Gasteiger partial charge in [-0.05, 0) is 88.8 Å². The quantitative estimate of drug-likeness (QED) is 0.188. The van der Waals surface area contributed by atoms with Gasteiger partial charge in [-0.1, -0.05) is 117 Å². The van der Waals surface area contributed by atoms with E-state index < -0.39 is 0 Å². The number of hydrogen-bond acceptors (Lipinski definition) is 3. The predicted octanol–water partition coefficient (Wildman–Crippen LogP) is 12.0. The molecule has 7 aromatic rings. The summed E-state index contributed by atoms with van der Waals surface area (Å²) in [5.41, 5.74) is 11.4. The normalized spacial score (nSPS) is 13.4. The molecule has 0 saturated heterocycles. The first-order valence-corrected chi connectivity index (χ1v) is 16.1. The van der Waals surface area contributed by atoms with Crippen LogP contribution in [0.3, 0.4) is 0 Å². The summed E-state index contributed by atoms with van der Waals surface area (Å²) in [6.45, 7) is 4.67. The van der Waals surface area contributed by atoms with E-state index in [4.69, 9.17) is 4.98 Å². The predicted molar refractivity (Wildman–Crippen MR) is 199 cm³/mol. The van der Waals surface area contributed by atoms with Crippen LogP contribution in [0.1, 0.15) is 36.2 Å². The highest BCUT2D eigenvalue weighted by atomic mass is 15.2. The average Bonchev–Trinajstić information content (AvgIpc) is 3.13. The Morgan fingerprint density at radius 2 is 1.17 bits per heavy atom. The van der Waals surface area contributed by atoms with Crippen molar-refractivity contribution < 1.29 is 0 Å². The lowest BCUT2D eigenvalue weighted by atomic mass is 9.73. The number of pyridine rings is 1. The van der Waals surface area contributed by atoms with Crippen molar-refractivity contribution in [2.24, 2.45) is 0 Å². The number of para-hydroxylation sites is 3. The molecule has 0 fully saturated rings. The zero-order valence-electron chi connectivity index (χ0n) is 26.6. The topological polar surface area (TPSA) is 19.4 Å². The highest BCUT2D eigenvalue weighted by Crippen LogP contribution is 2.53. The van der Waals surface area contributed by atoms with Gasteiger partial charge in [0.1, 0.15) is 0 Å². The Morgan fingerprint density at radius 1 is 0.532 bits per heavy atom. The molecule has 47 heavy (non-hydrogen) atoms. The van der Waals surface area contributed by atoms with Crippen molar-refractivity contribution in [3.05, 3.63) is 186 Å². The Hall–Kier alpha value is -5.93. The van der Waals surface area contributed by atoms with Crippen LogP contribution in [0.4, 0.5) is 34.1 Å². The highest BCUT2D eigenvalue weighted by molar-refractivity contribution is 6.01. The number of fused-ring (bicyclic) bond motifs is 3. The SMILES string of the molecule is CC1(C)c2ccccc2N(c2cccc3ccccc23)c2ccc(/C=C/c3ccc(N(c4ccccc4)c4ccccc4)cn3)cc21. The molecular weight excluding hydrogens is 571 g/mol. The van der Waals surface area contributed by atoms with Gasteiger partial charge in [-0.15, -0.1) is 0 Å². The van der Waals surface area contributed by atoms with Crippen molar-refractivity contribution in [2.45, 2.75) is 19.3 Å². The molecule has 1 aliphatic rings. The first kappa shape index (κ1) is 28.5. The first-order valence-electron chi connectivity index (χ1n) is 16.1. The van der Waals surface area contributed by atoms with Crippen LogP contribution in [0.15, 0.2) is 164 Å². The number of aromatic nitrogens is 1. The number of nitrogens with zero attached hydrogens (tertiary/aromatic N) is 3. The molecule has 1 aromatic heterocycles. The van der Waals surface area contributed by atoms with E-state index in [-0.39, 0.29) is 5.41 Å². The largest absolute Gasteiger partial charge is 0.309 e. The van der Waals surface area contributed by atoms with Gasteiger partial charge in [-0.3, -0.25) is 4.98 Å². The second-order valence-corrected chi connectivity index (χ2v) is 12.5. The van der Waals surface area contributed by atoms with E-state index in [2.05, 4.69) is 181 Å². The molecule has 0 amide bonds. The summed E-state index contributed by atoms with van der Waals surface area (Å²) in [7, 11) is 0. The highest BCUT2D eigenvalue weighted by Gasteiger charge is 2.37. The summed E-state index contributed by atoms with van der Waals surface area (Å²) in [6, 6.07) is 56.0. The molecule has 0 spiro atoms. The second kappa shape index (κ2) is 11.8. The molecule has 0 unspecified atom stereocenters. The van der Waals surface area contributed by atoms with Crippen LogP contribution in [0, 0.1) is 0 Å². The fourth-order valence-corrected chi connectivity index (χ4v) is 6.90. The third-order valence-corrected chi connectivity index (χ3v) is 9.26. The van der Waals surface area contributed by atoms with Crippen LogP contribution in [0.2, 0.25) is 0 Å². The van der Waals surface area contributed by atoms with E-state index in [0.29, 0.717) is 0 Å². The average molecular weight is 606 g/mol. The van der Waals surface area contributed by atoms with Gasteiger partial charge in [0, 0.05) is 22.2 Å². The van der Waals surface area contributed by atoms with Crippen molar-refractivity contribution in [1.29, 1.82) is 0 Å². The summed E-state index contributed by atoms with van der Waals surface area (Å²) in [5, 5.41) is 2.48. The molecule has 0 aliphatic carbocycles. The number of rotatable bonds is 6. The van der Waals surface area contributed by atoms with Crippen LogP contribution >= 0.6 is 0 Å². The Balaban J connectivity index is 1.15. The van der Waals surface area contributed by atoms with Crippen molar-refractivity contribution in [1.82, 2.24) is 4.98 Å². The summed E-state index contributed by atoms with van der Waals surface area (Å²) in [5.74, 6) is 0. The number of anilines is 6. The van der Waals surface area contributed by atoms with Crippen LogP contribution < -0.4 is 9.80 Å². The van der Waals surface area contributed by atoms with E-state index in [1.165, 1.54) is 39.0 Å². The maximum atomic E-state index is 4.86. The Morgan fingerprint density at radius 3 is 1.91 bits per heavy atom. The van der Waals surface area contributed by atoms with Gasteiger partial charge in [0.15, 0.2) is 0 Å². The third kappa shape index (κ3) is 5.16. The number of benzene rings is 6. The van der Waals surface area contributed by atoms with Gasteiger partial charge >= 0.3 is 0 Å². The Kier molecular flexibility index (Phi) is 7.15. The molecule has 0 saturated carbocycles. The monoisotopic (exact) mass is 605 g/mol. The maximum Gasteiger partial charge on any atom is 0.0645 e. The lowest BCUT2D eigenvalue weighted by Gasteiger charge is -2.42. The van der Waals surface area contributed by atoms with Gasteiger partial charge in [0.2, 0.25) is 0 Å². The summed E-state index contributed by atoms with van der Waals surface area (Å²) in [4.78, 5) is 9.52. The third-order valence-electron chi connectivity index (χ3n) is 9.26. The molecule has 0 atom stereocenters. The molecule has 8 rings (SSSR count). The molecule has 226 valence electrons. The first-order chi connectivity index (χ1) is 23.1. The second-order valence-electron chi connectivity index (χ2n) is 12.5. The van der Waals surface area contributed by atoms with Crippen LogP contribution in [-0.2, 0) is 5.41 Å².